The Morgan fingerprint density at radius 2 is 2.05 bits per heavy atom. The lowest BCUT2D eigenvalue weighted by Gasteiger charge is -2.20. The van der Waals surface area contributed by atoms with E-state index in [0.29, 0.717) is 13.0 Å². The molecule has 3 N–H and O–H groups in total. The van der Waals surface area contributed by atoms with Crippen LogP contribution in [0.1, 0.15) is 32.2 Å². The van der Waals surface area contributed by atoms with Crippen LogP contribution in [0.2, 0.25) is 0 Å². The van der Waals surface area contributed by atoms with Crippen LogP contribution in [-0.4, -0.2) is 34.2 Å². The van der Waals surface area contributed by atoms with E-state index < -0.39 is 11.7 Å². The van der Waals surface area contributed by atoms with Crippen molar-refractivity contribution in [3.63, 3.8) is 0 Å². The summed E-state index contributed by atoms with van der Waals surface area (Å²) in [6.07, 6.45) is 3.38. The van der Waals surface area contributed by atoms with Crippen LogP contribution in [0, 0.1) is 6.92 Å². The van der Waals surface area contributed by atoms with Gasteiger partial charge in [-0.3, -0.25) is 9.97 Å². The molecule has 0 aliphatic carbocycles. The van der Waals surface area contributed by atoms with Crippen LogP contribution in [0.15, 0.2) is 12.4 Å². The van der Waals surface area contributed by atoms with Crippen molar-refractivity contribution in [2.45, 2.75) is 45.8 Å². The van der Waals surface area contributed by atoms with Gasteiger partial charge >= 0.3 is 6.09 Å². The fourth-order valence-corrected chi connectivity index (χ4v) is 1.49. The van der Waals surface area contributed by atoms with Crippen molar-refractivity contribution >= 4 is 6.09 Å². The topological polar surface area (TPSA) is 90.1 Å². The Labute approximate surface area is 113 Å². The first-order valence-corrected chi connectivity index (χ1v) is 6.27. The second kappa shape index (κ2) is 6.47. The smallest absolute Gasteiger partial charge is 0.407 e. The molecule has 1 amide bonds. The average Bonchev–Trinajstić information content (AvgIpc) is 2.27. The molecule has 0 aliphatic rings. The van der Waals surface area contributed by atoms with Gasteiger partial charge in [-0.05, 0) is 27.7 Å². The van der Waals surface area contributed by atoms with Crippen molar-refractivity contribution in [3.05, 3.63) is 23.8 Å². The lowest BCUT2D eigenvalue weighted by Crippen LogP contribution is -2.41. The van der Waals surface area contributed by atoms with E-state index in [0.717, 1.165) is 11.4 Å². The average molecular weight is 266 g/mol. The minimum Gasteiger partial charge on any atom is -0.444 e. The molecule has 0 saturated carbocycles. The molecule has 1 aromatic rings. The van der Waals surface area contributed by atoms with Crippen molar-refractivity contribution in [2.24, 2.45) is 5.73 Å². The van der Waals surface area contributed by atoms with E-state index in [2.05, 4.69) is 15.3 Å². The van der Waals surface area contributed by atoms with Gasteiger partial charge in [0.1, 0.15) is 5.60 Å². The molecule has 0 saturated heterocycles. The van der Waals surface area contributed by atoms with Crippen LogP contribution in [0.4, 0.5) is 4.79 Å². The van der Waals surface area contributed by atoms with Gasteiger partial charge in [0.05, 0.1) is 11.4 Å². The largest absolute Gasteiger partial charge is 0.444 e. The summed E-state index contributed by atoms with van der Waals surface area (Å²) in [6.45, 7) is 7.67. The molecule has 6 heteroatoms. The fraction of sp³-hybridized carbons (Fsp3) is 0.615. The summed E-state index contributed by atoms with van der Waals surface area (Å²) in [5, 5.41) is 2.64. The third kappa shape index (κ3) is 6.15. The van der Waals surface area contributed by atoms with Gasteiger partial charge in [-0.2, -0.15) is 0 Å². The number of alkyl carbamates (subject to hydrolysis) is 1. The zero-order valence-electron chi connectivity index (χ0n) is 11.9. The fourth-order valence-electron chi connectivity index (χ4n) is 1.49. The minimum atomic E-state index is -0.504. The monoisotopic (exact) mass is 266 g/mol. The number of carbonyl (C=O) groups excluding carboxylic acids is 1. The summed E-state index contributed by atoms with van der Waals surface area (Å²) >= 11 is 0. The van der Waals surface area contributed by atoms with Crippen molar-refractivity contribution in [2.75, 3.05) is 6.54 Å². The van der Waals surface area contributed by atoms with Gasteiger partial charge in [0, 0.05) is 31.4 Å². The first kappa shape index (κ1) is 15.4. The summed E-state index contributed by atoms with van der Waals surface area (Å²) in [4.78, 5) is 19.8. The molecule has 1 rings (SSSR count). The highest BCUT2D eigenvalue weighted by atomic mass is 16.6. The molecule has 1 unspecified atom stereocenters. The normalized spacial score (nSPS) is 12.9. The first-order chi connectivity index (χ1) is 8.78. The molecule has 0 radical (unpaired) electrons. The number of carbonyl (C=O) groups is 1. The zero-order chi connectivity index (χ0) is 14.5. The summed E-state index contributed by atoms with van der Waals surface area (Å²) in [5.41, 5.74) is 7.15. The van der Waals surface area contributed by atoms with E-state index >= 15 is 0 Å². The Morgan fingerprint density at radius 1 is 1.42 bits per heavy atom. The van der Waals surface area contributed by atoms with E-state index in [1.807, 2.05) is 27.7 Å². The van der Waals surface area contributed by atoms with Crippen LogP contribution in [-0.2, 0) is 11.2 Å². The highest BCUT2D eigenvalue weighted by Gasteiger charge is 2.17. The molecule has 6 nitrogen and oxygen atoms in total. The molecule has 0 spiro atoms. The molecule has 19 heavy (non-hydrogen) atoms. The molecule has 1 atom stereocenters. The molecule has 106 valence electrons. The second-order valence-corrected chi connectivity index (χ2v) is 5.44. The van der Waals surface area contributed by atoms with Gasteiger partial charge < -0.3 is 15.8 Å². The molecular formula is C13H22N4O2. The van der Waals surface area contributed by atoms with Crippen LogP contribution in [0.25, 0.3) is 0 Å². The van der Waals surface area contributed by atoms with E-state index in [-0.39, 0.29) is 6.04 Å². The Morgan fingerprint density at radius 3 is 2.63 bits per heavy atom. The van der Waals surface area contributed by atoms with E-state index in [4.69, 9.17) is 10.5 Å². The van der Waals surface area contributed by atoms with Gasteiger partial charge in [0.15, 0.2) is 0 Å². The second-order valence-electron chi connectivity index (χ2n) is 5.44. The third-order valence-electron chi connectivity index (χ3n) is 2.35. The lowest BCUT2D eigenvalue weighted by molar-refractivity contribution is 0.0524. The highest BCUT2D eigenvalue weighted by Crippen LogP contribution is 2.06. The minimum absolute atomic E-state index is 0.220. The first-order valence-electron chi connectivity index (χ1n) is 6.27. The van der Waals surface area contributed by atoms with Gasteiger partial charge in [0.2, 0.25) is 0 Å². The number of nitrogens with zero attached hydrogens (tertiary/aromatic N) is 2. The van der Waals surface area contributed by atoms with Crippen LogP contribution in [0.5, 0.6) is 0 Å². The molecule has 0 bridgehead atoms. The maximum absolute atomic E-state index is 11.5. The van der Waals surface area contributed by atoms with Gasteiger partial charge in [-0.1, -0.05) is 0 Å². The Bertz CT molecular complexity index is 429. The Balaban J connectivity index is 2.38. The van der Waals surface area contributed by atoms with Crippen molar-refractivity contribution < 1.29 is 9.53 Å². The Hall–Kier alpha value is -1.69. The van der Waals surface area contributed by atoms with Gasteiger partial charge in [-0.25, -0.2) is 4.79 Å². The standard InChI is InChI=1S/C13H22N4O2/c1-9-11(16-6-5-15-9)7-10(14)8-17-12(18)19-13(2,3)4/h5-6,10H,7-8,14H2,1-4H3,(H,17,18). The number of amides is 1. The molecule has 1 aromatic heterocycles. The predicted molar refractivity (Wildman–Crippen MR) is 72.7 cm³/mol. The number of rotatable bonds is 4. The quantitative estimate of drug-likeness (QED) is 0.854. The number of nitrogens with two attached hydrogens (primary N) is 1. The molecule has 0 fully saturated rings. The van der Waals surface area contributed by atoms with Crippen LogP contribution >= 0.6 is 0 Å². The van der Waals surface area contributed by atoms with E-state index in [1.165, 1.54) is 0 Å². The van der Waals surface area contributed by atoms with Gasteiger partial charge in [0.25, 0.3) is 0 Å². The molecule has 1 heterocycles. The Kier molecular flexibility index (Phi) is 5.23. The van der Waals surface area contributed by atoms with E-state index in [1.54, 1.807) is 12.4 Å². The summed E-state index contributed by atoms with van der Waals surface area (Å²) in [6, 6.07) is -0.220. The third-order valence-corrected chi connectivity index (χ3v) is 2.35. The maximum atomic E-state index is 11.5. The van der Waals surface area contributed by atoms with Gasteiger partial charge in [-0.15, -0.1) is 0 Å². The van der Waals surface area contributed by atoms with Crippen molar-refractivity contribution in [1.82, 2.24) is 15.3 Å². The molecule has 0 aliphatic heterocycles. The highest BCUT2D eigenvalue weighted by molar-refractivity contribution is 5.67. The van der Waals surface area contributed by atoms with Crippen molar-refractivity contribution in [3.8, 4) is 0 Å². The summed E-state index contributed by atoms with van der Waals surface area (Å²) in [7, 11) is 0. The number of nitrogens with one attached hydrogen (secondary N) is 1. The number of hydrogen-bond donors (Lipinski definition) is 2. The predicted octanol–water partition coefficient (Wildman–Crippen LogP) is 1.18. The SMILES string of the molecule is Cc1nccnc1CC(N)CNC(=O)OC(C)(C)C. The maximum Gasteiger partial charge on any atom is 0.407 e. The summed E-state index contributed by atoms with van der Waals surface area (Å²) in [5.74, 6) is 0. The number of aromatic nitrogens is 2. The lowest BCUT2D eigenvalue weighted by atomic mass is 10.1. The van der Waals surface area contributed by atoms with Crippen LogP contribution < -0.4 is 11.1 Å². The number of hydrogen-bond acceptors (Lipinski definition) is 5. The molecular weight excluding hydrogens is 244 g/mol. The van der Waals surface area contributed by atoms with Crippen molar-refractivity contribution in [1.29, 1.82) is 0 Å². The number of ether oxygens (including phenoxy) is 1. The summed E-state index contributed by atoms with van der Waals surface area (Å²) < 4.78 is 5.13. The molecule has 0 aromatic carbocycles. The zero-order valence-corrected chi connectivity index (χ0v) is 11.9. The van der Waals surface area contributed by atoms with Crippen LogP contribution in [0.3, 0.4) is 0 Å². The van der Waals surface area contributed by atoms with E-state index in [9.17, 15) is 4.79 Å². The number of aryl methyl sites for hydroxylation is 1.